The van der Waals surface area contributed by atoms with E-state index in [4.69, 9.17) is 16.3 Å². The first-order valence-corrected chi connectivity index (χ1v) is 8.69. The molecule has 1 aromatic heterocycles. The normalized spacial score (nSPS) is 19.0. The van der Waals surface area contributed by atoms with Crippen LogP contribution >= 0.6 is 11.6 Å². The number of esters is 1. The number of nitrogens with zero attached hydrogens (tertiary/aromatic N) is 1. The van der Waals surface area contributed by atoms with Crippen LogP contribution in [0.15, 0.2) is 36.4 Å². The van der Waals surface area contributed by atoms with Gasteiger partial charge in [-0.3, -0.25) is 0 Å². The minimum atomic E-state index is -0.371. The van der Waals surface area contributed by atoms with E-state index in [1.165, 1.54) is 5.56 Å². The monoisotopic (exact) mass is 344 g/mol. The SMILES string of the molecule is CCOC(=O)c1cc(Cl)c(N[C@H]2C[C@@H]2c2ccccc2)nc1CC. The number of hydrogen-bond donors (Lipinski definition) is 1. The van der Waals surface area contributed by atoms with Gasteiger partial charge in [0.15, 0.2) is 0 Å². The van der Waals surface area contributed by atoms with Crippen molar-refractivity contribution in [3.05, 3.63) is 58.2 Å². The quantitative estimate of drug-likeness (QED) is 0.787. The fourth-order valence-corrected chi connectivity index (χ4v) is 3.09. The molecule has 1 aliphatic carbocycles. The first kappa shape index (κ1) is 16.8. The number of benzene rings is 1. The van der Waals surface area contributed by atoms with Gasteiger partial charge in [0.05, 0.1) is 22.9 Å². The molecule has 126 valence electrons. The molecular formula is C19H21ClN2O2. The minimum absolute atomic E-state index is 0.329. The highest BCUT2D eigenvalue weighted by Crippen LogP contribution is 2.43. The number of aromatic nitrogens is 1. The number of anilines is 1. The van der Waals surface area contributed by atoms with Crippen molar-refractivity contribution in [3.8, 4) is 0 Å². The van der Waals surface area contributed by atoms with E-state index in [0.717, 1.165) is 6.42 Å². The lowest BCUT2D eigenvalue weighted by Gasteiger charge is -2.12. The first-order valence-electron chi connectivity index (χ1n) is 8.32. The Morgan fingerprint density at radius 2 is 2.08 bits per heavy atom. The molecular weight excluding hydrogens is 324 g/mol. The third-order valence-electron chi connectivity index (χ3n) is 4.23. The number of halogens is 1. The van der Waals surface area contributed by atoms with Gasteiger partial charge in [0.25, 0.3) is 0 Å². The van der Waals surface area contributed by atoms with Crippen LogP contribution in [0, 0.1) is 0 Å². The first-order chi connectivity index (χ1) is 11.6. The lowest BCUT2D eigenvalue weighted by Crippen LogP contribution is -2.13. The van der Waals surface area contributed by atoms with Crippen LogP contribution < -0.4 is 5.32 Å². The Balaban J connectivity index is 1.76. The number of hydrogen-bond acceptors (Lipinski definition) is 4. The molecule has 0 amide bonds. The second kappa shape index (κ2) is 7.22. The summed E-state index contributed by atoms with van der Waals surface area (Å²) in [4.78, 5) is 16.6. The zero-order valence-electron chi connectivity index (χ0n) is 13.9. The Morgan fingerprint density at radius 1 is 1.33 bits per heavy atom. The summed E-state index contributed by atoms with van der Waals surface area (Å²) in [5.41, 5.74) is 2.48. The van der Waals surface area contributed by atoms with E-state index in [1.54, 1.807) is 13.0 Å². The van der Waals surface area contributed by atoms with Crippen molar-refractivity contribution in [2.24, 2.45) is 0 Å². The molecule has 1 aromatic carbocycles. The van der Waals surface area contributed by atoms with Crippen molar-refractivity contribution in [1.29, 1.82) is 0 Å². The van der Waals surface area contributed by atoms with Crippen molar-refractivity contribution in [1.82, 2.24) is 4.98 Å². The Bertz CT molecular complexity index is 734. The van der Waals surface area contributed by atoms with E-state index in [0.29, 0.717) is 47.1 Å². The van der Waals surface area contributed by atoms with Crippen LogP contribution in [0.3, 0.4) is 0 Å². The molecule has 4 nitrogen and oxygen atoms in total. The third-order valence-corrected chi connectivity index (χ3v) is 4.51. The highest BCUT2D eigenvalue weighted by molar-refractivity contribution is 6.33. The lowest BCUT2D eigenvalue weighted by molar-refractivity contribution is 0.0524. The predicted molar refractivity (Wildman–Crippen MR) is 95.8 cm³/mol. The van der Waals surface area contributed by atoms with E-state index in [1.807, 2.05) is 13.0 Å². The molecule has 5 heteroatoms. The van der Waals surface area contributed by atoms with Crippen molar-refractivity contribution in [2.75, 3.05) is 11.9 Å². The summed E-state index contributed by atoms with van der Waals surface area (Å²) < 4.78 is 5.08. The number of pyridine rings is 1. The molecule has 0 bridgehead atoms. The summed E-state index contributed by atoms with van der Waals surface area (Å²) >= 11 is 6.34. The number of carbonyl (C=O) groups excluding carboxylic acids is 1. The van der Waals surface area contributed by atoms with Gasteiger partial charge in [0, 0.05) is 12.0 Å². The molecule has 0 unspecified atom stereocenters. The van der Waals surface area contributed by atoms with E-state index in [-0.39, 0.29) is 5.97 Å². The Hall–Kier alpha value is -2.07. The minimum Gasteiger partial charge on any atom is -0.462 e. The molecule has 0 spiro atoms. The smallest absolute Gasteiger partial charge is 0.340 e. The highest BCUT2D eigenvalue weighted by atomic mass is 35.5. The van der Waals surface area contributed by atoms with Crippen LogP contribution in [-0.4, -0.2) is 23.6 Å². The summed E-state index contributed by atoms with van der Waals surface area (Å²) in [6, 6.07) is 12.4. The number of ether oxygens (including phenoxy) is 1. The van der Waals surface area contributed by atoms with Gasteiger partial charge in [-0.05, 0) is 31.4 Å². The van der Waals surface area contributed by atoms with Crippen LogP contribution in [-0.2, 0) is 11.2 Å². The number of nitrogens with one attached hydrogen (secondary N) is 1. The average molecular weight is 345 g/mol. The largest absolute Gasteiger partial charge is 0.462 e. The summed E-state index contributed by atoms with van der Waals surface area (Å²) in [6.45, 7) is 4.08. The number of aryl methyl sites for hydroxylation is 1. The van der Waals surface area contributed by atoms with E-state index < -0.39 is 0 Å². The van der Waals surface area contributed by atoms with Gasteiger partial charge in [-0.1, -0.05) is 48.9 Å². The number of carbonyl (C=O) groups is 1. The Kier molecular flexibility index (Phi) is 5.05. The van der Waals surface area contributed by atoms with Crippen LogP contribution in [0.2, 0.25) is 5.02 Å². The predicted octanol–water partition coefficient (Wildman–Crippen LogP) is 4.44. The standard InChI is InChI=1S/C19H21ClN2O2/c1-3-16-14(19(23)24-4-2)10-15(20)18(21-16)22-17-11-13(17)12-8-6-5-7-9-12/h5-10,13,17H,3-4,11H2,1-2H3,(H,21,22)/t13-,17+/m1/s1. The maximum absolute atomic E-state index is 12.0. The Labute approximate surface area is 147 Å². The Morgan fingerprint density at radius 3 is 2.75 bits per heavy atom. The average Bonchev–Trinajstić information content (AvgIpc) is 3.36. The fourth-order valence-electron chi connectivity index (χ4n) is 2.88. The van der Waals surface area contributed by atoms with E-state index in [9.17, 15) is 4.79 Å². The molecule has 0 radical (unpaired) electrons. The van der Waals surface area contributed by atoms with Crippen molar-refractivity contribution in [2.45, 2.75) is 38.6 Å². The van der Waals surface area contributed by atoms with Crippen LogP contribution in [0.4, 0.5) is 5.82 Å². The number of rotatable bonds is 6. The topological polar surface area (TPSA) is 51.2 Å². The summed E-state index contributed by atoms with van der Waals surface area (Å²) in [5, 5.41) is 3.86. The van der Waals surface area contributed by atoms with Crippen molar-refractivity contribution >= 4 is 23.4 Å². The molecule has 0 aliphatic heterocycles. The molecule has 1 fully saturated rings. The van der Waals surface area contributed by atoms with Crippen LogP contribution in [0.5, 0.6) is 0 Å². The summed E-state index contributed by atoms with van der Waals surface area (Å²) in [6.07, 6.45) is 1.70. The molecule has 1 N–H and O–H groups in total. The van der Waals surface area contributed by atoms with Gasteiger partial charge in [-0.25, -0.2) is 9.78 Å². The maximum atomic E-state index is 12.0. The van der Waals surface area contributed by atoms with Crippen molar-refractivity contribution < 1.29 is 9.53 Å². The zero-order valence-corrected chi connectivity index (χ0v) is 14.6. The van der Waals surface area contributed by atoms with E-state index in [2.05, 4.69) is 34.6 Å². The third kappa shape index (κ3) is 3.54. The van der Waals surface area contributed by atoms with Gasteiger partial charge in [0.1, 0.15) is 5.82 Å². The van der Waals surface area contributed by atoms with Gasteiger partial charge in [-0.2, -0.15) is 0 Å². The molecule has 0 saturated heterocycles. The van der Waals surface area contributed by atoms with E-state index >= 15 is 0 Å². The summed E-state index contributed by atoms with van der Waals surface area (Å²) in [5.74, 6) is 0.757. The van der Waals surface area contributed by atoms with Crippen molar-refractivity contribution in [3.63, 3.8) is 0 Å². The fraction of sp³-hybridized carbons (Fsp3) is 0.368. The lowest BCUT2D eigenvalue weighted by atomic mass is 10.1. The molecule has 1 saturated carbocycles. The molecule has 2 aromatic rings. The van der Waals surface area contributed by atoms with Gasteiger partial charge < -0.3 is 10.1 Å². The molecule has 3 rings (SSSR count). The molecule has 2 atom stereocenters. The maximum Gasteiger partial charge on any atom is 0.340 e. The van der Waals surface area contributed by atoms with Crippen LogP contribution in [0.25, 0.3) is 0 Å². The summed E-state index contributed by atoms with van der Waals surface area (Å²) in [7, 11) is 0. The molecule has 1 aliphatic rings. The molecule has 24 heavy (non-hydrogen) atoms. The second-order valence-corrected chi connectivity index (χ2v) is 6.30. The van der Waals surface area contributed by atoms with Crippen LogP contribution in [0.1, 0.15) is 47.8 Å². The highest BCUT2D eigenvalue weighted by Gasteiger charge is 2.39. The molecule has 1 heterocycles. The van der Waals surface area contributed by atoms with Gasteiger partial charge in [-0.15, -0.1) is 0 Å². The zero-order chi connectivity index (χ0) is 17.1. The van der Waals surface area contributed by atoms with Gasteiger partial charge >= 0.3 is 5.97 Å². The van der Waals surface area contributed by atoms with Gasteiger partial charge in [0.2, 0.25) is 0 Å². The second-order valence-electron chi connectivity index (χ2n) is 5.89.